The Morgan fingerprint density at radius 3 is 1.62 bits per heavy atom. The maximum atomic E-state index is 11.2. The first-order valence-electron chi connectivity index (χ1n) is 4.52. The first-order chi connectivity index (χ1) is 7.36. The van der Waals surface area contributed by atoms with Gasteiger partial charge in [0.2, 0.25) is 0 Å². The Hall–Kier alpha value is -0.610. The van der Waals surface area contributed by atoms with Crippen LogP contribution in [0.4, 0.5) is 0 Å². The van der Waals surface area contributed by atoms with E-state index in [0.29, 0.717) is 0 Å². The Morgan fingerprint density at radius 1 is 0.812 bits per heavy atom. The topological polar surface area (TPSA) is 159 Å². The SMILES string of the molecule is O=C([C@@H](O)[C@@H](O)[C@@H](O)CO)[C@H](O)[C@@H](O)CO. The molecule has 0 aromatic rings. The molecule has 0 saturated heterocycles. The maximum Gasteiger partial charge on any atom is 0.195 e. The van der Waals surface area contributed by atoms with Crippen LogP contribution in [-0.4, -0.2) is 85.3 Å². The highest BCUT2D eigenvalue weighted by atomic mass is 16.4. The van der Waals surface area contributed by atoms with Gasteiger partial charge in [-0.1, -0.05) is 0 Å². The molecule has 7 N–H and O–H groups in total. The first-order valence-corrected chi connectivity index (χ1v) is 4.52. The second kappa shape index (κ2) is 6.86. The van der Waals surface area contributed by atoms with Gasteiger partial charge in [-0.25, -0.2) is 0 Å². The molecule has 0 aliphatic rings. The predicted molar refractivity (Wildman–Crippen MR) is 49.2 cm³/mol. The standard InChI is InChI=1S/C8H16O8/c9-1-3(11)5(13)7(15)8(16)6(14)4(12)2-10/h3-7,9-15H,1-2H2/t3-,4-,5-,6+,7-/m0/s1. The Bertz CT molecular complexity index is 220. The monoisotopic (exact) mass is 240 g/mol. The fourth-order valence-electron chi connectivity index (χ4n) is 0.951. The second-order valence-corrected chi connectivity index (χ2v) is 3.28. The van der Waals surface area contributed by atoms with E-state index in [-0.39, 0.29) is 0 Å². The van der Waals surface area contributed by atoms with Crippen LogP contribution in [0.5, 0.6) is 0 Å². The van der Waals surface area contributed by atoms with Crippen LogP contribution in [-0.2, 0) is 4.79 Å². The van der Waals surface area contributed by atoms with Crippen molar-refractivity contribution < 1.29 is 40.5 Å². The van der Waals surface area contributed by atoms with E-state index in [9.17, 15) is 9.90 Å². The first kappa shape index (κ1) is 15.4. The highest BCUT2D eigenvalue weighted by Crippen LogP contribution is 2.06. The number of Topliss-reactive ketones (excluding diaryl/α,β-unsaturated/α-hetero) is 1. The minimum Gasteiger partial charge on any atom is -0.394 e. The van der Waals surface area contributed by atoms with Gasteiger partial charge in [0.15, 0.2) is 5.78 Å². The van der Waals surface area contributed by atoms with E-state index in [0.717, 1.165) is 0 Å². The number of carbonyl (C=O) groups is 1. The summed E-state index contributed by atoms with van der Waals surface area (Å²) >= 11 is 0. The zero-order chi connectivity index (χ0) is 12.9. The molecule has 0 radical (unpaired) electrons. The van der Waals surface area contributed by atoms with Gasteiger partial charge in [-0.05, 0) is 0 Å². The van der Waals surface area contributed by atoms with Gasteiger partial charge in [-0.3, -0.25) is 4.79 Å². The van der Waals surface area contributed by atoms with Gasteiger partial charge in [0.1, 0.15) is 30.5 Å². The van der Waals surface area contributed by atoms with Crippen LogP contribution in [0, 0.1) is 0 Å². The van der Waals surface area contributed by atoms with E-state index >= 15 is 0 Å². The van der Waals surface area contributed by atoms with E-state index < -0.39 is 49.5 Å². The molecule has 0 spiro atoms. The van der Waals surface area contributed by atoms with E-state index in [1.807, 2.05) is 0 Å². The zero-order valence-electron chi connectivity index (χ0n) is 8.34. The largest absolute Gasteiger partial charge is 0.394 e. The zero-order valence-corrected chi connectivity index (χ0v) is 8.34. The Kier molecular flexibility index (Phi) is 6.60. The number of aliphatic hydroxyl groups is 7. The summed E-state index contributed by atoms with van der Waals surface area (Å²) in [6.07, 6.45) is -9.78. The lowest BCUT2D eigenvalue weighted by Gasteiger charge is -2.23. The molecular formula is C8H16O8. The molecule has 0 bridgehead atoms. The summed E-state index contributed by atoms with van der Waals surface area (Å²) in [4.78, 5) is 11.2. The summed E-state index contributed by atoms with van der Waals surface area (Å²) < 4.78 is 0. The third-order valence-corrected chi connectivity index (χ3v) is 2.04. The number of hydrogen-bond acceptors (Lipinski definition) is 8. The Balaban J connectivity index is 4.48. The lowest BCUT2D eigenvalue weighted by molar-refractivity contribution is -0.155. The van der Waals surface area contributed by atoms with Gasteiger partial charge in [-0.15, -0.1) is 0 Å². The van der Waals surface area contributed by atoms with Crippen LogP contribution in [0.3, 0.4) is 0 Å². The molecule has 8 heteroatoms. The van der Waals surface area contributed by atoms with Crippen molar-refractivity contribution in [2.75, 3.05) is 13.2 Å². The third-order valence-electron chi connectivity index (χ3n) is 2.04. The average molecular weight is 240 g/mol. The van der Waals surface area contributed by atoms with Gasteiger partial charge in [0.25, 0.3) is 0 Å². The predicted octanol–water partition coefficient (Wildman–Crippen LogP) is -4.66. The molecule has 0 aromatic heterocycles. The molecule has 8 nitrogen and oxygen atoms in total. The fraction of sp³-hybridized carbons (Fsp3) is 0.875. The molecule has 0 aliphatic carbocycles. The minimum absolute atomic E-state index is 0.885. The summed E-state index contributed by atoms with van der Waals surface area (Å²) in [5, 5.41) is 62.1. The maximum absolute atomic E-state index is 11.2. The molecule has 0 heterocycles. The molecule has 0 saturated carbocycles. The number of hydrogen-bond donors (Lipinski definition) is 7. The normalized spacial score (nSPS) is 20.9. The van der Waals surface area contributed by atoms with Gasteiger partial charge in [0.05, 0.1) is 13.2 Å². The average Bonchev–Trinajstić information content (AvgIpc) is 2.32. The van der Waals surface area contributed by atoms with Crippen LogP contribution in [0.2, 0.25) is 0 Å². The van der Waals surface area contributed by atoms with Crippen molar-refractivity contribution in [3.8, 4) is 0 Å². The van der Waals surface area contributed by atoms with Crippen molar-refractivity contribution in [1.82, 2.24) is 0 Å². The summed E-state index contributed by atoms with van der Waals surface area (Å²) in [6.45, 7) is -1.79. The fourth-order valence-corrected chi connectivity index (χ4v) is 0.951. The van der Waals surface area contributed by atoms with E-state index in [1.54, 1.807) is 0 Å². The molecule has 16 heavy (non-hydrogen) atoms. The van der Waals surface area contributed by atoms with Crippen LogP contribution in [0.1, 0.15) is 0 Å². The van der Waals surface area contributed by atoms with Crippen molar-refractivity contribution in [1.29, 1.82) is 0 Å². The quantitative estimate of drug-likeness (QED) is 0.234. The molecule has 0 rings (SSSR count). The Morgan fingerprint density at radius 2 is 1.25 bits per heavy atom. The van der Waals surface area contributed by atoms with Gasteiger partial charge in [-0.2, -0.15) is 0 Å². The minimum atomic E-state index is -2.17. The summed E-state index contributed by atoms with van der Waals surface area (Å²) in [6, 6.07) is 0. The molecule has 0 aromatic carbocycles. The smallest absolute Gasteiger partial charge is 0.195 e. The van der Waals surface area contributed by atoms with Crippen LogP contribution >= 0.6 is 0 Å². The van der Waals surface area contributed by atoms with Crippen molar-refractivity contribution in [3.63, 3.8) is 0 Å². The van der Waals surface area contributed by atoms with Crippen LogP contribution in [0.25, 0.3) is 0 Å². The molecule has 0 aliphatic heterocycles. The third kappa shape index (κ3) is 3.76. The molecule has 96 valence electrons. The lowest BCUT2D eigenvalue weighted by atomic mass is 9.98. The van der Waals surface area contributed by atoms with Crippen LogP contribution in [0.15, 0.2) is 0 Å². The molecule has 0 fully saturated rings. The van der Waals surface area contributed by atoms with Crippen molar-refractivity contribution >= 4 is 5.78 Å². The van der Waals surface area contributed by atoms with E-state index in [1.165, 1.54) is 0 Å². The van der Waals surface area contributed by atoms with E-state index in [4.69, 9.17) is 30.6 Å². The number of carbonyl (C=O) groups excluding carboxylic acids is 1. The molecular weight excluding hydrogens is 224 g/mol. The molecule has 0 amide bonds. The van der Waals surface area contributed by atoms with Gasteiger partial charge < -0.3 is 35.7 Å². The lowest BCUT2D eigenvalue weighted by Crippen LogP contribution is -2.50. The summed E-state index contributed by atoms with van der Waals surface area (Å²) in [7, 11) is 0. The Labute approximate surface area is 91.0 Å². The van der Waals surface area contributed by atoms with Crippen LogP contribution < -0.4 is 0 Å². The number of ketones is 1. The molecule has 0 unspecified atom stereocenters. The van der Waals surface area contributed by atoms with Gasteiger partial charge >= 0.3 is 0 Å². The highest BCUT2D eigenvalue weighted by Gasteiger charge is 2.36. The number of rotatable bonds is 7. The second-order valence-electron chi connectivity index (χ2n) is 3.28. The van der Waals surface area contributed by atoms with Gasteiger partial charge in [0, 0.05) is 0 Å². The molecule has 5 atom stereocenters. The summed E-state index contributed by atoms with van der Waals surface area (Å²) in [5.74, 6) is -1.36. The van der Waals surface area contributed by atoms with Crippen molar-refractivity contribution in [3.05, 3.63) is 0 Å². The van der Waals surface area contributed by atoms with E-state index in [2.05, 4.69) is 0 Å². The number of aliphatic hydroxyl groups excluding tert-OH is 7. The highest BCUT2D eigenvalue weighted by molar-refractivity contribution is 5.88. The summed E-state index contributed by atoms with van der Waals surface area (Å²) in [5.41, 5.74) is 0. The van der Waals surface area contributed by atoms with Crippen molar-refractivity contribution in [2.24, 2.45) is 0 Å². The van der Waals surface area contributed by atoms with Crippen molar-refractivity contribution in [2.45, 2.75) is 30.5 Å².